The summed E-state index contributed by atoms with van der Waals surface area (Å²) in [5, 5.41) is 13.0. The highest BCUT2D eigenvalue weighted by Gasteiger charge is 2.24. The highest BCUT2D eigenvalue weighted by Crippen LogP contribution is 2.41. The number of carbonyl (C=O) groups excluding carboxylic acids is 1. The maximum absolute atomic E-state index is 12.4. The Kier molecular flexibility index (Phi) is 6.75. The minimum Gasteiger partial charge on any atom is -0.462 e. The molecule has 0 aliphatic heterocycles. The van der Waals surface area contributed by atoms with Crippen LogP contribution in [-0.2, 0) is 11.3 Å². The van der Waals surface area contributed by atoms with Crippen LogP contribution in [0.2, 0.25) is 0 Å². The fraction of sp³-hybridized carbons (Fsp3) is 0.182. The molecule has 4 nitrogen and oxygen atoms in total. The number of nitrogens with zero attached hydrogens (tertiary/aromatic N) is 1. The van der Waals surface area contributed by atoms with Crippen molar-refractivity contribution >= 4 is 34.8 Å². The quantitative estimate of drug-likeness (QED) is 0.395. The summed E-state index contributed by atoms with van der Waals surface area (Å²) in [7, 11) is 0. The molecule has 0 bridgehead atoms. The average Bonchev–Trinajstić information content (AvgIpc) is 3.12. The third-order valence-electron chi connectivity index (χ3n) is 4.15. The zero-order chi connectivity index (χ0) is 19.9. The van der Waals surface area contributed by atoms with E-state index >= 15 is 0 Å². The number of thioether (sulfide) groups is 1. The van der Waals surface area contributed by atoms with Crippen molar-refractivity contribution in [3.05, 3.63) is 70.6 Å². The SMILES string of the molecule is CCOC(=O)c1sc(SC)c(C#N)c1-c1ccc(NCc2ccccc2)cc1. The van der Waals surface area contributed by atoms with E-state index in [0.29, 0.717) is 22.6 Å². The third-order valence-corrected chi connectivity index (χ3v) is 6.44. The monoisotopic (exact) mass is 408 g/mol. The Hall–Kier alpha value is -2.75. The van der Waals surface area contributed by atoms with Crippen LogP contribution in [0.4, 0.5) is 5.69 Å². The molecule has 0 radical (unpaired) electrons. The molecule has 6 heteroatoms. The van der Waals surface area contributed by atoms with E-state index in [2.05, 4.69) is 23.5 Å². The number of ether oxygens (including phenoxy) is 1. The van der Waals surface area contributed by atoms with Gasteiger partial charge in [-0.3, -0.25) is 0 Å². The van der Waals surface area contributed by atoms with Crippen LogP contribution in [0.25, 0.3) is 11.1 Å². The number of carbonyl (C=O) groups is 1. The fourth-order valence-electron chi connectivity index (χ4n) is 2.83. The lowest BCUT2D eigenvalue weighted by Gasteiger charge is -2.09. The number of hydrogen-bond donors (Lipinski definition) is 1. The first kappa shape index (κ1) is 20.0. The molecule has 0 aliphatic carbocycles. The average molecular weight is 409 g/mol. The van der Waals surface area contributed by atoms with E-state index in [1.807, 2.05) is 48.7 Å². The molecule has 0 atom stereocenters. The van der Waals surface area contributed by atoms with Gasteiger partial charge in [0, 0.05) is 17.8 Å². The molecule has 3 rings (SSSR count). The molecule has 0 spiro atoms. The van der Waals surface area contributed by atoms with Crippen LogP contribution in [0.1, 0.15) is 27.7 Å². The molecule has 0 saturated heterocycles. The maximum atomic E-state index is 12.4. The van der Waals surface area contributed by atoms with Gasteiger partial charge >= 0.3 is 5.97 Å². The van der Waals surface area contributed by atoms with Gasteiger partial charge in [0.25, 0.3) is 0 Å². The number of nitriles is 1. The lowest BCUT2D eigenvalue weighted by Crippen LogP contribution is -2.04. The van der Waals surface area contributed by atoms with E-state index in [1.165, 1.54) is 28.7 Å². The Bertz CT molecular complexity index is 990. The van der Waals surface area contributed by atoms with Gasteiger partial charge in [-0.25, -0.2) is 4.79 Å². The van der Waals surface area contributed by atoms with E-state index in [-0.39, 0.29) is 5.97 Å². The molecule has 1 aromatic heterocycles. The molecule has 0 saturated carbocycles. The van der Waals surface area contributed by atoms with E-state index < -0.39 is 0 Å². The van der Waals surface area contributed by atoms with Gasteiger partial charge < -0.3 is 10.1 Å². The summed E-state index contributed by atoms with van der Waals surface area (Å²) in [6.07, 6.45) is 1.90. The molecule has 1 N–H and O–H groups in total. The van der Waals surface area contributed by atoms with Crippen LogP contribution in [0.3, 0.4) is 0 Å². The Labute approximate surface area is 173 Å². The second kappa shape index (κ2) is 9.45. The molecule has 0 aliphatic rings. The Balaban J connectivity index is 1.89. The lowest BCUT2D eigenvalue weighted by molar-refractivity contribution is 0.0533. The molecule has 142 valence electrons. The van der Waals surface area contributed by atoms with Gasteiger partial charge in [-0.15, -0.1) is 23.1 Å². The van der Waals surface area contributed by atoms with E-state index in [0.717, 1.165) is 22.0 Å². The molecule has 0 amide bonds. The third kappa shape index (κ3) is 4.38. The molecule has 1 heterocycles. The maximum Gasteiger partial charge on any atom is 0.349 e. The summed E-state index contributed by atoms with van der Waals surface area (Å²) >= 11 is 2.79. The first-order chi connectivity index (χ1) is 13.7. The molecular formula is C22H20N2O2S2. The molecular weight excluding hydrogens is 388 g/mol. The summed E-state index contributed by atoms with van der Waals surface area (Å²) in [4.78, 5) is 12.9. The van der Waals surface area contributed by atoms with Gasteiger partial charge in [0.05, 0.1) is 16.4 Å². The van der Waals surface area contributed by atoms with Crippen molar-refractivity contribution in [3.63, 3.8) is 0 Å². The van der Waals surface area contributed by atoms with Crippen LogP contribution in [0, 0.1) is 11.3 Å². The van der Waals surface area contributed by atoms with Crippen LogP contribution in [0.15, 0.2) is 58.8 Å². The molecule has 2 aromatic carbocycles. The smallest absolute Gasteiger partial charge is 0.349 e. The van der Waals surface area contributed by atoms with Crippen molar-refractivity contribution in [3.8, 4) is 17.2 Å². The second-order valence-electron chi connectivity index (χ2n) is 5.92. The summed E-state index contributed by atoms with van der Waals surface area (Å²) in [5.74, 6) is -0.384. The normalized spacial score (nSPS) is 10.3. The highest BCUT2D eigenvalue weighted by molar-refractivity contribution is 8.00. The number of hydrogen-bond acceptors (Lipinski definition) is 6. The van der Waals surface area contributed by atoms with Crippen LogP contribution in [-0.4, -0.2) is 18.8 Å². The predicted octanol–water partition coefficient (Wildman–Crippen LogP) is 5.80. The van der Waals surface area contributed by atoms with Crippen LogP contribution >= 0.6 is 23.1 Å². The number of rotatable bonds is 7. The largest absolute Gasteiger partial charge is 0.462 e. The van der Waals surface area contributed by atoms with Crippen molar-refractivity contribution in [2.24, 2.45) is 0 Å². The van der Waals surface area contributed by atoms with Crippen molar-refractivity contribution < 1.29 is 9.53 Å². The number of benzene rings is 2. The van der Waals surface area contributed by atoms with Gasteiger partial charge in [-0.1, -0.05) is 42.5 Å². The molecule has 0 unspecified atom stereocenters. The summed E-state index contributed by atoms with van der Waals surface area (Å²) in [6, 6.07) is 20.2. The fourth-order valence-corrected chi connectivity index (χ4v) is 4.66. The van der Waals surface area contributed by atoms with Crippen molar-refractivity contribution in [2.45, 2.75) is 17.7 Å². The van der Waals surface area contributed by atoms with Gasteiger partial charge in [-0.2, -0.15) is 5.26 Å². The van der Waals surface area contributed by atoms with Gasteiger partial charge in [0.15, 0.2) is 0 Å². The minimum atomic E-state index is -0.384. The summed E-state index contributed by atoms with van der Waals surface area (Å²) in [5.41, 5.74) is 4.20. The lowest BCUT2D eigenvalue weighted by atomic mass is 10.0. The Morgan fingerprint density at radius 2 is 1.89 bits per heavy atom. The Morgan fingerprint density at radius 3 is 2.50 bits per heavy atom. The standard InChI is InChI=1S/C22H20N2O2S2/c1-3-26-21(25)20-19(18(13-23)22(27-2)28-20)16-9-11-17(12-10-16)24-14-15-7-5-4-6-8-15/h4-12,24H,3,14H2,1-2H3. The predicted molar refractivity (Wildman–Crippen MR) is 116 cm³/mol. The van der Waals surface area contributed by atoms with Gasteiger partial charge in [-0.05, 0) is 36.4 Å². The van der Waals surface area contributed by atoms with Crippen molar-refractivity contribution in [2.75, 3.05) is 18.2 Å². The minimum absolute atomic E-state index is 0.301. The zero-order valence-corrected chi connectivity index (χ0v) is 17.3. The Morgan fingerprint density at radius 1 is 1.18 bits per heavy atom. The number of esters is 1. The molecule has 28 heavy (non-hydrogen) atoms. The molecule has 0 fully saturated rings. The molecule has 3 aromatic rings. The second-order valence-corrected chi connectivity index (χ2v) is 8.02. The highest BCUT2D eigenvalue weighted by atomic mass is 32.2. The van der Waals surface area contributed by atoms with Crippen molar-refractivity contribution in [1.29, 1.82) is 5.26 Å². The zero-order valence-electron chi connectivity index (χ0n) is 15.7. The van der Waals surface area contributed by atoms with Gasteiger partial charge in [0.1, 0.15) is 10.9 Å². The van der Waals surface area contributed by atoms with E-state index in [4.69, 9.17) is 4.74 Å². The van der Waals surface area contributed by atoms with Crippen molar-refractivity contribution in [1.82, 2.24) is 0 Å². The van der Waals surface area contributed by atoms with E-state index in [9.17, 15) is 10.1 Å². The number of thiophene rings is 1. The number of nitrogens with one attached hydrogen (secondary N) is 1. The first-order valence-electron chi connectivity index (χ1n) is 8.84. The topological polar surface area (TPSA) is 62.1 Å². The van der Waals surface area contributed by atoms with Crippen LogP contribution in [0.5, 0.6) is 0 Å². The summed E-state index contributed by atoms with van der Waals surface area (Å²) in [6.45, 7) is 2.81. The first-order valence-corrected chi connectivity index (χ1v) is 10.9. The number of anilines is 1. The van der Waals surface area contributed by atoms with Crippen LogP contribution < -0.4 is 5.32 Å². The summed E-state index contributed by atoms with van der Waals surface area (Å²) < 4.78 is 6.02. The van der Waals surface area contributed by atoms with E-state index in [1.54, 1.807) is 6.92 Å². The van der Waals surface area contributed by atoms with Gasteiger partial charge in [0.2, 0.25) is 0 Å².